The highest BCUT2D eigenvalue weighted by Crippen LogP contribution is 2.25. The Morgan fingerprint density at radius 1 is 1.27 bits per heavy atom. The molecule has 1 rings (SSSR count). The third-order valence-electron chi connectivity index (χ3n) is 3.89. The molecule has 90 valence electrons. The van der Waals surface area contributed by atoms with Crippen molar-refractivity contribution in [2.24, 2.45) is 11.8 Å². The zero-order valence-corrected chi connectivity index (χ0v) is 11.5. The van der Waals surface area contributed by atoms with Gasteiger partial charge in [0, 0.05) is 12.6 Å². The number of hydrogen-bond donors (Lipinski definition) is 1. The van der Waals surface area contributed by atoms with Crippen LogP contribution in [-0.2, 0) is 0 Å². The van der Waals surface area contributed by atoms with Crippen LogP contribution in [0.15, 0.2) is 0 Å². The zero-order valence-electron chi connectivity index (χ0n) is 10.6. The van der Waals surface area contributed by atoms with Crippen LogP contribution in [0.25, 0.3) is 0 Å². The maximum atomic E-state index is 4.48. The van der Waals surface area contributed by atoms with Gasteiger partial charge in [0.1, 0.15) is 0 Å². The Kier molecular flexibility index (Phi) is 6.06. The van der Waals surface area contributed by atoms with Crippen molar-refractivity contribution in [2.45, 2.75) is 52.5 Å². The molecule has 1 unspecified atom stereocenters. The van der Waals surface area contributed by atoms with Gasteiger partial charge in [-0.2, -0.15) is 12.6 Å². The number of thiol groups is 1. The topological polar surface area (TPSA) is 3.24 Å². The minimum Gasteiger partial charge on any atom is -0.300 e. The summed E-state index contributed by atoms with van der Waals surface area (Å²) in [6, 6.07) is 0.871. The molecule has 1 fully saturated rings. The van der Waals surface area contributed by atoms with Gasteiger partial charge < -0.3 is 4.90 Å². The fraction of sp³-hybridized carbons (Fsp3) is 1.00. The van der Waals surface area contributed by atoms with Gasteiger partial charge in [0.15, 0.2) is 0 Å². The summed E-state index contributed by atoms with van der Waals surface area (Å²) < 4.78 is 0. The van der Waals surface area contributed by atoms with Crippen molar-refractivity contribution < 1.29 is 0 Å². The van der Waals surface area contributed by atoms with Gasteiger partial charge >= 0.3 is 0 Å². The lowest BCUT2D eigenvalue weighted by molar-refractivity contribution is 0.166. The predicted molar refractivity (Wildman–Crippen MR) is 71.7 cm³/mol. The number of nitrogens with zero attached hydrogens (tertiary/aromatic N) is 1. The first-order valence-electron chi connectivity index (χ1n) is 6.54. The number of rotatable bonds is 6. The van der Waals surface area contributed by atoms with E-state index in [2.05, 4.69) is 38.3 Å². The quantitative estimate of drug-likeness (QED) is 0.683. The molecule has 0 spiro atoms. The van der Waals surface area contributed by atoms with Crippen LogP contribution in [0.1, 0.15) is 46.5 Å². The third kappa shape index (κ3) is 3.99. The summed E-state index contributed by atoms with van der Waals surface area (Å²) in [4.78, 5) is 2.69. The molecule has 1 atom stereocenters. The molecule has 0 aromatic carbocycles. The molecule has 0 radical (unpaired) electrons. The van der Waals surface area contributed by atoms with E-state index in [1.54, 1.807) is 0 Å². The second kappa shape index (κ2) is 6.80. The van der Waals surface area contributed by atoms with Gasteiger partial charge in [-0.1, -0.05) is 33.6 Å². The highest BCUT2D eigenvalue weighted by Gasteiger charge is 2.24. The molecule has 0 bridgehead atoms. The molecule has 0 amide bonds. The highest BCUT2D eigenvalue weighted by atomic mass is 32.1. The van der Waals surface area contributed by atoms with Gasteiger partial charge in [-0.3, -0.25) is 0 Å². The molecule has 0 N–H and O–H groups in total. The molecule has 0 saturated heterocycles. The van der Waals surface area contributed by atoms with Crippen molar-refractivity contribution >= 4 is 12.6 Å². The predicted octanol–water partition coefficient (Wildman–Crippen LogP) is 3.45. The first-order valence-corrected chi connectivity index (χ1v) is 7.17. The Labute approximate surface area is 101 Å². The average Bonchev–Trinajstić information content (AvgIpc) is 2.72. The molecule has 0 heterocycles. The molecular formula is C13H27NS. The number of hydrogen-bond acceptors (Lipinski definition) is 2. The standard InChI is InChI=1S/C13H27NS/c1-4-14(13-7-5-6-8-13)9-12(10-15)11(2)3/h11-13,15H,4-10H2,1-3H3. The fourth-order valence-corrected chi connectivity index (χ4v) is 3.12. The van der Waals surface area contributed by atoms with E-state index in [0.29, 0.717) is 0 Å². The summed E-state index contributed by atoms with van der Waals surface area (Å²) >= 11 is 4.48. The van der Waals surface area contributed by atoms with E-state index in [0.717, 1.165) is 23.6 Å². The van der Waals surface area contributed by atoms with Crippen molar-refractivity contribution in [3.05, 3.63) is 0 Å². The normalized spacial score (nSPS) is 20.4. The Morgan fingerprint density at radius 3 is 2.27 bits per heavy atom. The fourth-order valence-electron chi connectivity index (χ4n) is 2.59. The summed E-state index contributed by atoms with van der Waals surface area (Å²) in [5, 5.41) is 0. The Balaban J connectivity index is 2.43. The van der Waals surface area contributed by atoms with E-state index in [-0.39, 0.29) is 0 Å². The minimum atomic E-state index is 0.758. The molecule has 1 saturated carbocycles. The molecular weight excluding hydrogens is 202 g/mol. The molecule has 1 aliphatic rings. The van der Waals surface area contributed by atoms with E-state index in [1.165, 1.54) is 38.8 Å². The minimum absolute atomic E-state index is 0.758. The van der Waals surface area contributed by atoms with E-state index in [4.69, 9.17) is 0 Å². The Bertz CT molecular complexity index is 164. The molecule has 1 nitrogen and oxygen atoms in total. The second-order valence-corrected chi connectivity index (χ2v) is 5.58. The van der Waals surface area contributed by atoms with Crippen LogP contribution in [0.2, 0.25) is 0 Å². The Hall–Kier alpha value is 0.310. The van der Waals surface area contributed by atoms with Crippen LogP contribution < -0.4 is 0 Å². The SMILES string of the molecule is CCN(CC(CS)C(C)C)C1CCCC1. The first-order chi connectivity index (χ1) is 7.19. The lowest BCUT2D eigenvalue weighted by Crippen LogP contribution is -2.39. The molecule has 0 aromatic rings. The van der Waals surface area contributed by atoms with Crippen molar-refractivity contribution in [2.75, 3.05) is 18.8 Å². The summed E-state index contributed by atoms with van der Waals surface area (Å²) in [5.41, 5.74) is 0. The first kappa shape index (κ1) is 13.4. The van der Waals surface area contributed by atoms with Crippen LogP contribution in [-0.4, -0.2) is 29.8 Å². The van der Waals surface area contributed by atoms with Gasteiger partial charge in [-0.15, -0.1) is 0 Å². The van der Waals surface area contributed by atoms with Crippen molar-refractivity contribution in [1.82, 2.24) is 4.90 Å². The van der Waals surface area contributed by atoms with Crippen molar-refractivity contribution in [3.8, 4) is 0 Å². The lowest BCUT2D eigenvalue weighted by Gasteiger charge is -2.32. The summed E-state index contributed by atoms with van der Waals surface area (Å²) in [7, 11) is 0. The van der Waals surface area contributed by atoms with Crippen LogP contribution in [0, 0.1) is 11.8 Å². The molecule has 2 heteroatoms. The molecule has 0 aromatic heterocycles. The Morgan fingerprint density at radius 2 is 1.87 bits per heavy atom. The second-order valence-electron chi connectivity index (χ2n) is 5.21. The van der Waals surface area contributed by atoms with Gasteiger partial charge in [-0.25, -0.2) is 0 Å². The third-order valence-corrected chi connectivity index (χ3v) is 4.36. The summed E-state index contributed by atoms with van der Waals surface area (Å²) in [6.45, 7) is 9.41. The molecule has 15 heavy (non-hydrogen) atoms. The van der Waals surface area contributed by atoms with Crippen LogP contribution in [0.4, 0.5) is 0 Å². The maximum Gasteiger partial charge on any atom is 0.00952 e. The van der Waals surface area contributed by atoms with Gasteiger partial charge in [-0.05, 0) is 37.0 Å². The average molecular weight is 229 g/mol. The zero-order chi connectivity index (χ0) is 11.3. The van der Waals surface area contributed by atoms with E-state index >= 15 is 0 Å². The van der Waals surface area contributed by atoms with E-state index in [1.807, 2.05) is 0 Å². The van der Waals surface area contributed by atoms with Gasteiger partial charge in [0.2, 0.25) is 0 Å². The monoisotopic (exact) mass is 229 g/mol. The lowest BCUT2D eigenvalue weighted by atomic mass is 9.96. The van der Waals surface area contributed by atoms with Crippen LogP contribution in [0.5, 0.6) is 0 Å². The van der Waals surface area contributed by atoms with Crippen molar-refractivity contribution in [3.63, 3.8) is 0 Å². The smallest absolute Gasteiger partial charge is 0.00952 e. The summed E-state index contributed by atoms with van der Waals surface area (Å²) in [6.07, 6.45) is 5.72. The highest BCUT2D eigenvalue weighted by molar-refractivity contribution is 7.80. The molecule has 0 aliphatic heterocycles. The largest absolute Gasteiger partial charge is 0.300 e. The molecule has 1 aliphatic carbocycles. The van der Waals surface area contributed by atoms with E-state index in [9.17, 15) is 0 Å². The van der Waals surface area contributed by atoms with Crippen LogP contribution in [0.3, 0.4) is 0 Å². The summed E-state index contributed by atoms with van der Waals surface area (Å²) in [5.74, 6) is 2.55. The van der Waals surface area contributed by atoms with Gasteiger partial charge in [0.05, 0.1) is 0 Å². The maximum absolute atomic E-state index is 4.48. The van der Waals surface area contributed by atoms with E-state index < -0.39 is 0 Å². The van der Waals surface area contributed by atoms with Crippen LogP contribution >= 0.6 is 12.6 Å². The van der Waals surface area contributed by atoms with Crippen molar-refractivity contribution in [1.29, 1.82) is 0 Å². The van der Waals surface area contributed by atoms with Gasteiger partial charge in [0.25, 0.3) is 0 Å².